The predicted octanol–water partition coefficient (Wildman–Crippen LogP) is 13.1. The summed E-state index contributed by atoms with van der Waals surface area (Å²) in [5.74, 6) is 0. The van der Waals surface area contributed by atoms with E-state index in [4.69, 9.17) is 0 Å². The van der Waals surface area contributed by atoms with Crippen LogP contribution >= 0.6 is 0 Å². The highest BCUT2D eigenvalue weighted by Gasteiger charge is 2.17. The second-order valence-electron chi connectivity index (χ2n) is 12.8. The van der Waals surface area contributed by atoms with Gasteiger partial charge in [0.25, 0.3) is 0 Å². The second-order valence-corrected chi connectivity index (χ2v) is 12.8. The zero-order valence-electron chi connectivity index (χ0n) is 26.5. The van der Waals surface area contributed by atoms with Crippen molar-refractivity contribution in [3.8, 4) is 44.5 Å². The quantitative estimate of drug-likeness (QED) is 0.177. The normalized spacial score (nSPS) is 12.5. The molecule has 1 aliphatic carbocycles. The van der Waals surface area contributed by atoms with Crippen LogP contribution in [0, 0.1) is 6.92 Å². The lowest BCUT2D eigenvalue weighted by molar-refractivity contribution is 0.992. The summed E-state index contributed by atoms with van der Waals surface area (Å²) < 4.78 is 0. The van der Waals surface area contributed by atoms with E-state index in [1.54, 1.807) is 0 Å². The van der Waals surface area contributed by atoms with Gasteiger partial charge in [-0.15, -0.1) is 0 Å². The molecule has 47 heavy (non-hydrogen) atoms. The van der Waals surface area contributed by atoms with Crippen molar-refractivity contribution >= 4 is 38.4 Å². The van der Waals surface area contributed by atoms with Crippen molar-refractivity contribution in [3.63, 3.8) is 0 Å². The molecule has 222 valence electrons. The highest BCUT2D eigenvalue weighted by Crippen LogP contribution is 2.40. The van der Waals surface area contributed by atoms with Crippen molar-refractivity contribution in [2.75, 3.05) is 0 Å². The Morgan fingerprint density at radius 2 is 0.915 bits per heavy atom. The highest BCUT2D eigenvalue weighted by atomic mass is 14.2. The maximum absolute atomic E-state index is 2.40. The molecule has 0 heteroatoms. The molecule has 0 heterocycles. The molecule has 0 fully saturated rings. The first-order chi connectivity index (χ1) is 23.2. The summed E-state index contributed by atoms with van der Waals surface area (Å²) >= 11 is 0. The first-order valence-corrected chi connectivity index (χ1v) is 16.7. The maximum Gasteiger partial charge on any atom is -0.00988 e. The Morgan fingerprint density at radius 1 is 0.404 bits per heavy atom. The number of hydrogen-bond donors (Lipinski definition) is 0. The van der Waals surface area contributed by atoms with Gasteiger partial charge in [-0.1, -0.05) is 140 Å². The molecule has 0 saturated carbocycles. The van der Waals surface area contributed by atoms with Gasteiger partial charge >= 0.3 is 0 Å². The van der Waals surface area contributed by atoms with Gasteiger partial charge in [-0.25, -0.2) is 0 Å². The van der Waals surface area contributed by atoms with Gasteiger partial charge in [0.2, 0.25) is 0 Å². The molecular weight excluding hydrogens is 565 g/mol. The molecule has 0 radical (unpaired) electrons. The molecule has 0 unspecified atom stereocenters. The first kappa shape index (κ1) is 27.6. The number of rotatable bonds is 4. The molecular formula is C47H34. The number of allylic oxidation sites excluding steroid dienone is 1. The van der Waals surface area contributed by atoms with E-state index in [1.165, 1.54) is 93.5 Å². The Balaban J connectivity index is 1.15. The lowest BCUT2D eigenvalue weighted by Crippen LogP contribution is -1.99. The Labute approximate surface area is 276 Å². The molecule has 0 aromatic heterocycles. The van der Waals surface area contributed by atoms with Crippen LogP contribution < -0.4 is 0 Å². The van der Waals surface area contributed by atoms with Crippen molar-refractivity contribution < 1.29 is 0 Å². The fraction of sp³-hybridized carbons (Fsp3) is 0.0638. The van der Waals surface area contributed by atoms with Crippen LogP contribution in [0.25, 0.3) is 82.9 Å². The third kappa shape index (κ3) is 4.68. The van der Waals surface area contributed by atoms with Crippen molar-refractivity contribution in [2.45, 2.75) is 19.8 Å². The largest absolute Gasteiger partial charge is 0.0836 e. The second kappa shape index (κ2) is 11.3. The van der Waals surface area contributed by atoms with E-state index in [0.717, 1.165) is 12.8 Å². The molecule has 9 rings (SSSR count). The minimum atomic E-state index is 1.08. The topological polar surface area (TPSA) is 0 Å². The minimum Gasteiger partial charge on any atom is -0.0836 e. The minimum absolute atomic E-state index is 1.08. The summed E-state index contributed by atoms with van der Waals surface area (Å²) in [6, 6.07) is 56.1. The molecule has 8 aromatic rings. The lowest BCUT2D eigenvalue weighted by atomic mass is 9.84. The molecule has 0 amide bonds. The van der Waals surface area contributed by atoms with Crippen LogP contribution in [-0.2, 0) is 6.42 Å². The molecule has 0 bridgehead atoms. The van der Waals surface area contributed by atoms with Crippen molar-refractivity contribution in [2.24, 2.45) is 0 Å². The SMILES string of the molecule is Cc1c(-c2cccc(-c3cc4ccccc4c4c3CCC=C4)c2)cccc1-c1cccc(-c2cc3ccccc3c3ccccc23)c1. The summed E-state index contributed by atoms with van der Waals surface area (Å²) in [6.07, 6.45) is 6.82. The fourth-order valence-electron chi connectivity index (χ4n) is 7.83. The third-order valence-corrected chi connectivity index (χ3v) is 10.1. The smallest absolute Gasteiger partial charge is 0.00988 e. The average Bonchev–Trinajstić information content (AvgIpc) is 3.14. The van der Waals surface area contributed by atoms with E-state index in [0.29, 0.717) is 0 Å². The van der Waals surface area contributed by atoms with Gasteiger partial charge in [0.1, 0.15) is 0 Å². The Kier molecular flexibility index (Phi) is 6.61. The summed E-state index contributed by atoms with van der Waals surface area (Å²) in [6.45, 7) is 2.28. The lowest BCUT2D eigenvalue weighted by Gasteiger charge is -2.20. The standard InChI is InChI=1S/C47H34/c1-31-38(32-15-10-17-34(27-32)46-29-36-13-2-4-19-40(36)42-21-6-8-23-44(42)46)25-12-26-39(31)33-16-11-18-35(28-33)47-30-37-14-3-5-20-41(37)43-22-7-9-24-45(43)47/h2-8,10-23,25-30H,9,24H2,1H3. The average molecular weight is 599 g/mol. The van der Waals surface area contributed by atoms with E-state index in [2.05, 4.69) is 171 Å². The maximum atomic E-state index is 2.40. The van der Waals surface area contributed by atoms with E-state index in [9.17, 15) is 0 Å². The monoisotopic (exact) mass is 598 g/mol. The van der Waals surface area contributed by atoms with Gasteiger partial charge in [0.05, 0.1) is 0 Å². The van der Waals surface area contributed by atoms with Crippen LogP contribution in [0.1, 0.15) is 23.1 Å². The van der Waals surface area contributed by atoms with E-state index in [-0.39, 0.29) is 0 Å². The summed E-state index contributed by atoms with van der Waals surface area (Å²) in [5.41, 5.74) is 14.4. The van der Waals surface area contributed by atoms with Crippen LogP contribution in [-0.4, -0.2) is 0 Å². The summed E-state index contributed by atoms with van der Waals surface area (Å²) in [5, 5.41) is 7.81. The molecule has 1 aliphatic rings. The van der Waals surface area contributed by atoms with Crippen LogP contribution in [0.15, 0.2) is 158 Å². The van der Waals surface area contributed by atoms with E-state index < -0.39 is 0 Å². The van der Waals surface area contributed by atoms with Gasteiger partial charge in [-0.3, -0.25) is 0 Å². The Bertz CT molecular complexity index is 2530. The van der Waals surface area contributed by atoms with Gasteiger partial charge in [0, 0.05) is 0 Å². The van der Waals surface area contributed by atoms with Gasteiger partial charge in [-0.05, 0) is 138 Å². The van der Waals surface area contributed by atoms with E-state index >= 15 is 0 Å². The highest BCUT2D eigenvalue weighted by molar-refractivity contribution is 6.14. The molecule has 0 spiro atoms. The summed E-state index contributed by atoms with van der Waals surface area (Å²) in [4.78, 5) is 0. The fourth-order valence-corrected chi connectivity index (χ4v) is 7.83. The number of hydrogen-bond acceptors (Lipinski definition) is 0. The van der Waals surface area contributed by atoms with Crippen LogP contribution in [0.2, 0.25) is 0 Å². The molecule has 0 atom stereocenters. The zero-order valence-corrected chi connectivity index (χ0v) is 26.5. The Morgan fingerprint density at radius 3 is 1.62 bits per heavy atom. The van der Waals surface area contributed by atoms with Crippen LogP contribution in [0.5, 0.6) is 0 Å². The molecule has 8 aromatic carbocycles. The number of fused-ring (bicyclic) bond motifs is 6. The summed E-state index contributed by atoms with van der Waals surface area (Å²) in [7, 11) is 0. The van der Waals surface area contributed by atoms with Crippen LogP contribution in [0.4, 0.5) is 0 Å². The first-order valence-electron chi connectivity index (χ1n) is 16.7. The van der Waals surface area contributed by atoms with Crippen molar-refractivity contribution in [3.05, 3.63) is 174 Å². The third-order valence-electron chi connectivity index (χ3n) is 10.1. The van der Waals surface area contributed by atoms with Gasteiger partial charge < -0.3 is 0 Å². The van der Waals surface area contributed by atoms with Crippen molar-refractivity contribution in [1.82, 2.24) is 0 Å². The molecule has 0 saturated heterocycles. The molecule has 0 aliphatic heterocycles. The van der Waals surface area contributed by atoms with Crippen LogP contribution in [0.3, 0.4) is 0 Å². The molecule has 0 N–H and O–H groups in total. The molecule has 0 nitrogen and oxygen atoms in total. The van der Waals surface area contributed by atoms with Crippen molar-refractivity contribution in [1.29, 1.82) is 0 Å². The predicted molar refractivity (Wildman–Crippen MR) is 203 cm³/mol. The van der Waals surface area contributed by atoms with Gasteiger partial charge in [-0.2, -0.15) is 0 Å². The van der Waals surface area contributed by atoms with E-state index in [1.807, 2.05) is 0 Å². The number of benzene rings is 8. The van der Waals surface area contributed by atoms with Gasteiger partial charge in [0.15, 0.2) is 0 Å². The Hall–Kier alpha value is -5.72. The zero-order chi connectivity index (χ0) is 31.3.